The van der Waals surface area contributed by atoms with Crippen molar-refractivity contribution in [3.63, 3.8) is 0 Å². The summed E-state index contributed by atoms with van der Waals surface area (Å²) in [6.07, 6.45) is 5.60. The van der Waals surface area contributed by atoms with Crippen LogP contribution in [0.5, 0.6) is 5.75 Å². The van der Waals surface area contributed by atoms with Crippen LogP contribution in [0.3, 0.4) is 0 Å². The third kappa shape index (κ3) is 2.81. The Morgan fingerprint density at radius 3 is 2.52 bits per heavy atom. The Morgan fingerprint density at radius 1 is 0.957 bits per heavy atom. The maximum absolute atomic E-state index is 12.2. The second-order valence-electron chi connectivity index (χ2n) is 6.40. The van der Waals surface area contributed by atoms with Crippen molar-refractivity contribution in [2.45, 2.75) is 31.8 Å². The first-order valence-electron chi connectivity index (χ1n) is 8.35. The van der Waals surface area contributed by atoms with Gasteiger partial charge in [0.05, 0.1) is 5.92 Å². The van der Waals surface area contributed by atoms with E-state index in [9.17, 15) is 4.79 Å². The summed E-state index contributed by atoms with van der Waals surface area (Å²) < 4.78 is 6.29. The number of rotatable bonds is 2. The summed E-state index contributed by atoms with van der Waals surface area (Å²) in [6.45, 7) is 0. The standard InChI is InChI=1S/C21H20O2/c22-19-11-6-10-18(19)21-14-17(15-7-2-1-3-8-15)13-16-9-4-5-12-20(16)23-21/h1-5,7-9,12-13,18,21H,6,10-11,14H2. The lowest BCUT2D eigenvalue weighted by Gasteiger charge is -2.23. The lowest BCUT2D eigenvalue weighted by atomic mass is 9.91. The molecule has 2 aliphatic rings. The third-order valence-electron chi connectivity index (χ3n) is 4.89. The van der Waals surface area contributed by atoms with Crippen LogP contribution in [0, 0.1) is 5.92 Å². The van der Waals surface area contributed by atoms with Gasteiger partial charge in [-0.15, -0.1) is 0 Å². The van der Waals surface area contributed by atoms with Crippen LogP contribution in [0.15, 0.2) is 54.6 Å². The number of benzene rings is 2. The number of carbonyl (C=O) groups is 1. The molecule has 1 aliphatic heterocycles. The molecule has 0 saturated heterocycles. The highest BCUT2D eigenvalue weighted by atomic mass is 16.5. The van der Waals surface area contributed by atoms with Gasteiger partial charge >= 0.3 is 0 Å². The SMILES string of the molecule is O=C1CCCC1C1CC(c2ccccc2)=Cc2ccccc2O1. The molecule has 116 valence electrons. The number of ether oxygens (including phenoxy) is 1. The highest BCUT2D eigenvalue weighted by Gasteiger charge is 2.35. The molecule has 2 heteroatoms. The Morgan fingerprint density at radius 2 is 1.74 bits per heavy atom. The van der Waals surface area contributed by atoms with E-state index in [2.05, 4.69) is 36.4 Å². The number of Topliss-reactive ketones (excluding diaryl/α,β-unsaturated/α-hetero) is 1. The number of ketones is 1. The van der Waals surface area contributed by atoms with E-state index in [-0.39, 0.29) is 12.0 Å². The normalized spacial score (nSPS) is 23.7. The number of carbonyl (C=O) groups excluding carboxylic acids is 1. The predicted molar refractivity (Wildman–Crippen MR) is 92.1 cm³/mol. The van der Waals surface area contributed by atoms with E-state index in [0.29, 0.717) is 12.2 Å². The van der Waals surface area contributed by atoms with Crippen molar-refractivity contribution in [2.24, 2.45) is 5.92 Å². The van der Waals surface area contributed by atoms with Gasteiger partial charge in [-0.2, -0.15) is 0 Å². The molecule has 0 aromatic heterocycles. The van der Waals surface area contributed by atoms with E-state index in [4.69, 9.17) is 4.74 Å². The maximum Gasteiger partial charge on any atom is 0.139 e. The zero-order valence-electron chi connectivity index (χ0n) is 13.1. The molecule has 2 aromatic rings. The molecule has 1 fully saturated rings. The highest BCUT2D eigenvalue weighted by molar-refractivity contribution is 5.87. The van der Waals surface area contributed by atoms with Crippen molar-refractivity contribution >= 4 is 17.4 Å². The van der Waals surface area contributed by atoms with Gasteiger partial charge in [-0.25, -0.2) is 0 Å². The van der Waals surface area contributed by atoms with Crippen LogP contribution in [-0.4, -0.2) is 11.9 Å². The quantitative estimate of drug-likeness (QED) is 0.800. The number of hydrogen-bond acceptors (Lipinski definition) is 2. The van der Waals surface area contributed by atoms with Gasteiger partial charge in [0, 0.05) is 18.4 Å². The largest absolute Gasteiger partial charge is 0.489 e. The van der Waals surface area contributed by atoms with Crippen molar-refractivity contribution in [3.05, 3.63) is 65.7 Å². The van der Waals surface area contributed by atoms with Gasteiger partial charge in [-0.1, -0.05) is 48.5 Å². The second kappa shape index (κ2) is 6.04. The van der Waals surface area contributed by atoms with Crippen molar-refractivity contribution in [1.82, 2.24) is 0 Å². The van der Waals surface area contributed by atoms with Crippen LogP contribution < -0.4 is 4.74 Å². The highest BCUT2D eigenvalue weighted by Crippen LogP contribution is 2.38. The lowest BCUT2D eigenvalue weighted by Crippen LogP contribution is -2.29. The molecule has 0 amide bonds. The smallest absolute Gasteiger partial charge is 0.139 e. The molecule has 1 aliphatic carbocycles. The molecule has 0 N–H and O–H groups in total. The average Bonchev–Trinajstić information content (AvgIpc) is 2.92. The molecular formula is C21H20O2. The summed E-state index contributed by atoms with van der Waals surface area (Å²) in [5.74, 6) is 1.29. The number of para-hydroxylation sites is 1. The minimum atomic E-state index is -0.0555. The summed E-state index contributed by atoms with van der Waals surface area (Å²) in [4.78, 5) is 12.2. The van der Waals surface area contributed by atoms with E-state index in [1.807, 2.05) is 24.3 Å². The monoisotopic (exact) mass is 304 g/mol. The van der Waals surface area contributed by atoms with Gasteiger partial charge in [0.15, 0.2) is 0 Å². The van der Waals surface area contributed by atoms with Gasteiger partial charge in [0.25, 0.3) is 0 Å². The molecule has 0 spiro atoms. The average molecular weight is 304 g/mol. The Balaban J connectivity index is 1.76. The predicted octanol–water partition coefficient (Wildman–Crippen LogP) is 4.75. The first-order chi connectivity index (χ1) is 11.3. The molecule has 0 radical (unpaired) electrons. The molecule has 1 heterocycles. The van der Waals surface area contributed by atoms with Crippen molar-refractivity contribution in [1.29, 1.82) is 0 Å². The fourth-order valence-electron chi connectivity index (χ4n) is 3.69. The molecule has 1 saturated carbocycles. The fraction of sp³-hybridized carbons (Fsp3) is 0.286. The van der Waals surface area contributed by atoms with E-state index < -0.39 is 0 Å². The van der Waals surface area contributed by atoms with Gasteiger partial charge in [0.2, 0.25) is 0 Å². The first kappa shape index (κ1) is 14.3. The van der Waals surface area contributed by atoms with Crippen molar-refractivity contribution < 1.29 is 9.53 Å². The van der Waals surface area contributed by atoms with Gasteiger partial charge in [0.1, 0.15) is 17.6 Å². The summed E-state index contributed by atoms with van der Waals surface area (Å²) in [6, 6.07) is 18.5. The molecule has 23 heavy (non-hydrogen) atoms. The molecule has 2 atom stereocenters. The van der Waals surface area contributed by atoms with Gasteiger partial charge in [-0.3, -0.25) is 4.79 Å². The zero-order chi connectivity index (χ0) is 15.6. The summed E-state index contributed by atoms with van der Waals surface area (Å²) >= 11 is 0. The number of hydrogen-bond donors (Lipinski definition) is 0. The molecule has 4 rings (SSSR count). The van der Waals surface area contributed by atoms with Crippen LogP contribution in [0.1, 0.15) is 36.8 Å². The van der Waals surface area contributed by atoms with Crippen molar-refractivity contribution in [2.75, 3.05) is 0 Å². The minimum Gasteiger partial charge on any atom is -0.489 e. The van der Waals surface area contributed by atoms with Crippen LogP contribution in [0.25, 0.3) is 11.6 Å². The van der Waals surface area contributed by atoms with Crippen molar-refractivity contribution in [3.8, 4) is 5.75 Å². The second-order valence-corrected chi connectivity index (χ2v) is 6.40. The molecule has 2 unspecified atom stereocenters. The molecule has 2 nitrogen and oxygen atoms in total. The Labute approximate surface area is 136 Å². The molecule has 0 bridgehead atoms. The fourth-order valence-corrected chi connectivity index (χ4v) is 3.69. The van der Waals surface area contributed by atoms with Gasteiger partial charge < -0.3 is 4.74 Å². The number of fused-ring (bicyclic) bond motifs is 1. The Kier molecular flexibility index (Phi) is 3.74. The summed E-state index contributed by atoms with van der Waals surface area (Å²) in [5.41, 5.74) is 3.56. The molecule has 2 aromatic carbocycles. The van der Waals surface area contributed by atoms with E-state index in [1.165, 1.54) is 11.1 Å². The van der Waals surface area contributed by atoms with Crippen LogP contribution in [-0.2, 0) is 4.79 Å². The minimum absolute atomic E-state index is 0.0354. The van der Waals surface area contributed by atoms with Gasteiger partial charge in [-0.05, 0) is 36.1 Å². The summed E-state index contributed by atoms with van der Waals surface area (Å²) in [5, 5.41) is 0. The Bertz CT molecular complexity index is 745. The topological polar surface area (TPSA) is 26.3 Å². The van der Waals surface area contributed by atoms with Crippen LogP contribution in [0.4, 0.5) is 0 Å². The summed E-state index contributed by atoms with van der Waals surface area (Å²) in [7, 11) is 0. The Hall–Kier alpha value is -2.35. The van der Waals surface area contributed by atoms with Crippen LogP contribution >= 0.6 is 0 Å². The van der Waals surface area contributed by atoms with Crippen LogP contribution in [0.2, 0.25) is 0 Å². The first-order valence-corrected chi connectivity index (χ1v) is 8.35. The van der Waals surface area contributed by atoms with E-state index in [0.717, 1.165) is 30.6 Å². The zero-order valence-corrected chi connectivity index (χ0v) is 13.1. The van der Waals surface area contributed by atoms with E-state index >= 15 is 0 Å². The molecular weight excluding hydrogens is 284 g/mol. The third-order valence-corrected chi connectivity index (χ3v) is 4.89. The maximum atomic E-state index is 12.2. The lowest BCUT2D eigenvalue weighted by molar-refractivity contribution is -0.123. The van der Waals surface area contributed by atoms with E-state index in [1.54, 1.807) is 0 Å².